The largest absolute Gasteiger partial charge is 0.385 e. The van der Waals surface area contributed by atoms with E-state index in [0.717, 1.165) is 17.8 Å². The van der Waals surface area contributed by atoms with Crippen LogP contribution in [0.1, 0.15) is 22.7 Å². The summed E-state index contributed by atoms with van der Waals surface area (Å²) in [6.07, 6.45) is 2.97. The van der Waals surface area contributed by atoms with E-state index in [1.807, 2.05) is 22.4 Å². The third-order valence-corrected chi connectivity index (χ3v) is 6.51. The lowest BCUT2D eigenvalue weighted by molar-refractivity contribution is 0.729. The van der Waals surface area contributed by atoms with Gasteiger partial charge in [0.1, 0.15) is 5.84 Å². The summed E-state index contributed by atoms with van der Waals surface area (Å²) in [7, 11) is 0. The van der Waals surface area contributed by atoms with E-state index in [-0.39, 0.29) is 11.8 Å². The standard InChI is InChI=1S/C21H20N4S2/c22-20(23)21(18(10-11-27-21)19-13-26-14-24-19)25-17-8-6-16(7-9-17)12-15-4-2-1-3-5-15/h1-11,13-14,18,25H,12H2,(H3,22,23). The van der Waals surface area contributed by atoms with Crippen molar-refractivity contribution in [3.63, 3.8) is 0 Å². The summed E-state index contributed by atoms with van der Waals surface area (Å²) < 4.78 is 0. The summed E-state index contributed by atoms with van der Waals surface area (Å²) in [4.78, 5) is 3.70. The first-order valence-corrected chi connectivity index (χ1v) is 10.5. The number of nitrogens with one attached hydrogen (secondary N) is 2. The van der Waals surface area contributed by atoms with Gasteiger partial charge in [0, 0.05) is 11.1 Å². The average Bonchev–Trinajstić information content (AvgIpc) is 3.34. The van der Waals surface area contributed by atoms with Crippen LogP contribution in [0.25, 0.3) is 0 Å². The molecular weight excluding hydrogens is 372 g/mol. The van der Waals surface area contributed by atoms with Crippen LogP contribution in [0, 0.1) is 5.41 Å². The van der Waals surface area contributed by atoms with Crippen molar-refractivity contribution in [1.82, 2.24) is 4.98 Å². The van der Waals surface area contributed by atoms with E-state index < -0.39 is 4.87 Å². The van der Waals surface area contributed by atoms with E-state index in [0.29, 0.717) is 0 Å². The molecule has 0 saturated carbocycles. The zero-order chi connectivity index (χ0) is 18.7. The van der Waals surface area contributed by atoms with Gasteiger partial charge in [0.05, 0.1) is 17.1 Å². The molecule has 136 valence electrons. The number of amidine groups is 1. The maximum absolute atomic E-state index is 8.24. The number of anilines is 1. The predicted octanol–water partition coefficient (Wildman–Crippen LogP) is 4.82. The van der Waals surface area contributed by atoms with Gasteiger partial charge in [-0.2, -0.15) is 0 Å². The predicted molar refractivity (Wildman–Crippen MR) is 116 cm³/mol. The molecule has 4 nitrogen and oxygen atoms in total. The van der Waals surface area contributed by atoms with Gasteiger partial charge in [0.2, 0.25) is 0 Å². The molecule has 0 radical (unpaired) electrons. The lowest BCUT2D eigenvalue weighted by Gasteiger charge is -2.34. The number of benzene rings is 2. The third kappa shape index (κ3) is 3.63. The molecule has 27 heavy (non-hydrogen) atoms. The highest BCUT2D eigenvalue weighted by Crippen LogP contribution is 2.47. The number of rotatable bonds is 6. The highest BCUT2D eigenvalue weighted by molar-refractivity contribution is 8.04. The van der Waals surface area contributed by atoms with Crippen molar-refractivity contribution < 1.29 is 0 Å². The summed E-state index contributed by atoms with van der Waals surface area (Å²) in [5, 5.41) is 15.8. The molecule has 2 atom stereocenters. The number of hydrogen-bond donors (Lipinski definition) is 3. The number of hydrogen-bond acceptors (Lipinski definition) is 5. The van der Waals surface area contributed by atoms with E-state index >= 15 is 0 Å². The fraction of sp³-hybridized carbons (Fsp3) is 0.143. The highest BCUT2D eigenvalue weighted by atomic mass is 32.2. The summed E-state index contributed by atoms with van der Waals surface area (Å²) in [5.41, 5.74) is 12.3. The fourth-order valence-electron chi connectivity index (χ4n) is 3.27. The minimum absolute atomic E-state index is 0.0738. The lowest BCUT2D eigenvalue weighted by Crippen LogP contribution is -2.49. The highest BCUT2D eigenvalue weighted by Gasteiger charge is 2.46. The van der Waals surface area contributed by atoms with Crippen molar-refractivity contribution >= 4 is 34.6 Å². The molecule has 6 heteroatoms. The molecule has 0 fully saturated rings. The SMILES string of the molecule is N=C(N)C1(Nc2ccc(Cc3ccccc3)cc2)SC=CC1c1cscn1. The molecule has 0 spiro atoms. The summed E-state index contributed by atoms with van der Waals surface area (Å²) in [5.74, 6) is 0.0270. The molecule has 0 saturated heterocycles. The van der Waals surface area contributed by atoms with Gasteiger partial charge in [-0.25, -0.2) is 4.98 Å². The van der Waals surface area contributed by atoms with Crippen LogP contribution in [0.15, 0.2) is 77.0 Å². The first-order chi connectivity index (χ1) is 13.2. The van der Waals surface area contributed by atoms with Gasteiger partial charge in [0.15, 0.2) is 4.87 Å². The summed E-state index contributed by atoms with van der Waals surface area (Å²) in [6, 6.07) is 18.8. The molecule has 2 aromatic carbocycles. The smallest absolute Gasteiger partial charge is 0.157 e. The van der Waals surface area contributed by atoms with Crippen LogP contribution in [0.4, 0.5) is 5.69 Å². The van der Waals surface area contributed by atoms with Crippen molar-refractivity contribution in [3.8, 4) is 0 Å². The molecule has 0 bridgehead atoms. The summed E-state index contributed by atoms with van der Waals surface area (Å²) >= 11 is 3.08. The molecule has 0 aliphatic carbocycles. The second-order valence-corrected chi connectivity index (χ2v) is 8.34. The first kappa shape index (κ1) is 17.8. The minimum Gasteiger partial charge on any atom is -0.385 e. The van der Waals surface area contributed by atoms with Crippen LogP contribution in [0.2, 0.25) is 0 Å². The van der Waals surface area contributed by atoms with Gasteiger partial charge in [-0.15, -0.1) is 11.3 Å². The van der Waals surface area contributed by atoms with Gasteiger partial charge >= 0.3 is 0 Å². The first-order valence-electron chi connectivity index (χ1n) is 8.65. The fourth-order valence-corrected chi connectivity index (χ4v) is 4.96. The van der Waals surface area contributed by atoms with E-state index in [1.54, 1.807) is 11.3 Å². The van der Waals surface area contributed by atoms with Gasteiger partial charge in [-0.3, -0.25) is 5.41 Å². The Morgan fingerprint density at radius 2 is 1.85 bits per heavy atom. The van der Waals surface area contributed by atoms with Crippen LogP contribution < -0.4 is 11.1 Å². The van der Waals surface area contributed by atoms with Crippen LogP contribution in [-0.4, -0.2) is 15.7 Å². The number of nitrogens with zero attached hydrogens (tertiary/aromatic N) is 1. The Bertz CT molecular complexity index is 936. The Kier molecular flexibility index (Phi) is 5.01. The van der Waals surface area contributed by atoms with Crippen molar-refractivity contribution in [2.45, 2.75) is 17.2 Å². The Morgan fingerprint density at radius 3 is 2.52 bits per heavy atom. The number of thioether (sulfide) groups is 1. The van der Waals surface area contributed by atoms with Crippen molar-refractivity contribution in [2.75, 3.05) is 5.32 Å². The van der Waals surface area contributed by atoms with Gasteiger partial charge in [0.25, 0.3) is 0 Å². The molecule has 1 aromatic heterocycles. The topological polar surface area (TPSA) is 74.8 Å². The zero-order valence-electron chi connectivity index (χ0n) is 14.6. The van der Waals surface area contributed by atoms with Crippen LogP contribution in [0.3, 0.4) is 0 Å². The van der Waals surface area contributed by atoms with Crippen molar-refractivity contribution in [2.24, 2.45) is 5.73 Å². The molecule has 1 aliphatic rings. The Labute approximate surface area is 167 Å². The van der Waals surface area contributed by atoms with Gasteiger partial charge in [-0.1, -0.05) is 60.3 Å². The average molecular weight is 393 g/mol. The molecule has 2 unspecified atom stereocenters. The zero-order valence-corrected chi connectivity index (χ0v) is 16.3. The van der Waals surface area contributed by atoms with Crippen molar-refractivity contribution in [3.05, 3.63) is 93.8 Å². The molecule has 4 rings (SSSR count). The number of thiazole rings is 1. The maximum Gasteiger partial charge on any atom is 0.157 e. The Hall–Kier alpha value is -2.57. The summed E-state index contributed by atoms with van der Waals surface area (Å²) in [6.45, 7) is 0. The van der Waals surface area contributed by atoms with Gasteiger partial charge in [-0.05, 0) is 35.1 Å². The number of nitrogens with two attached hydrogens (primary N) is 1. The molecule has 4 N–H and O–H groups in total. The van der Waals surface area contributed by atoms with Crippen LogP contribution in [0.5, 0.6) is 0 Å². The quantitative estimate of drug-likeness (QED) is 0.415. The normalized spacial score (nSPS) is 21.3. The monoisotopic (exact) mass is 392 g/mol. The van der Waals surface area contributed by atoms with E-state index in [9.17, 15) is 0 Å². The molecule has 1 aliphatic heterocycles. The van der Waals surface area contributed by atoms with Crippen molar-refractivity contribution in [1.29, 1.82) is 5.41 Å². The molecule has 0 amide bonds. The minimum atomic E-state index is -0.741. The third-order valence-electron chi connectivity index (χ3n) is 4.67. The molecule has 2 heterocycles. The van der Waals surface area contributed by atoms with E-state index in [4.69, 9.17) is 11.1 Å². The van der Waals surface area contributed by atoms with E-state index in [2.05, 4.69) is 64.9 Å². The maximum atomic E-state index is 8.24. The number of aromatic nitrogens is 1. The van der Waals surface area contributed by atoms with E-state index in [1.165, 1.54) is 22.9 Å². The van der Waals surface area contributed by atoms with Crippen LogP contribution >= 0.6 is 23.1 Å². The van der Waals surface area contributed by atoms with Crippen LogP contribution in [-0.2, 0) is 6.42 Å². The molecular formula is C21H20N4S2. The second kappa shape index (κ2) is 7.58. The van der Waals surface area contributed by atoms with Gasteiger partial charge < -0.3 is 11.1 Å². The Morgan fingerprint density at radius 1 is 1.11 bits per heavy atom. The lowest BCUT2D eigenvalue weighted by atomic mass is 9.94. The second-order valence-electron chi connectivity index (χ2n) is 6.47. The Balaban J connectivity index is 1.55. The molecule has 3 aromatic rings.